The number of benzene rings is 2. The van der Waals surface area contributed by atoms with Crippen LogP contribution in [0, 0.1) is 6.92 Å². The van der Waals surface area contributed by atoms with Gasteiger partial charge in [-0.3, -0.25) is 9.89 Å². The highest BCUT2D eigenvalue weighted by Gasteiger charge is 2.36. The summed E-state index contributed by atoms with van der Waals surface area (Å²) in [5, 5.41) is 10.1. The summed E-state index contributed by atoms with van der Waals surface area (Å²) in [5.74, 6) is 0.0363. The Labute approximate surface area is 209 Å². The molecule has 5 rings (SSSR count). The molecule has 184 valence electrons. The summed E-state index contributed by atoms with van der Waals surface area (Å²) in [6, 6.07) is 12.5. The maximum Gasteiger partial charge on any atom is 0.256 e. The number of sulfonamides is 1. The Bertz CT molecular complexity index is 1340. The van der Waals surface area contributed by atoms with Gasteiger partial charge in [0, 0.05) is 49.5 Å². The number of likely N-dealkylation sites (N-methyl/N-ethyl adjacent to an activating group) is 1. The molecule has 3 aromatic rings. The van der Waals surface area contributed by atoms with Crippen molar-refractivity contribution in [1.29, 1.82) is 0 Å². The minimum atomic E-state index is -3.82. The fourth-order valence-corrected chi connectivity index (χ4v) is 6.68. The fourth-order valence-electron chi connectivity index (χ4n) is 4.52. The number of carbonyl (C=O) groups is 1. The van der Waals surface area contributed by atoms with Crippen LogP contribution in [-0.2, 0) is 23.1 Å². The number of halogens is 1. The first-order chi connectivity index (χ1) is 16.7. The second-order valence-corrected chi connectivity index (χ2v) is 11.3. The molecule has 0 aliphatic carbocycles. The molecule has 2 aliphatic heterocycles. The highest BCUT2D eigenvalue weighted by molar-refractivity contribution is 7.89. The van der Waals surface area contributed by atoms with E-state index in [1.165, 1.54) is 4.31 Å². The average molecular weight is 515 g/mol. The van der Waals surface area contributed by atoms with E-state index >= 15 is 0 Å². The number of fused-ring (bicyclic) bond motifs is 1. The van der Waals surface area contributed by atoms with E-state index in [9.17, 15) is 13.2 Å². The second-order valence-electron chi connectivity index (χ2n) is 8.98. The van der Waals surface area contributed by atoms with Crippen LogP contribution < -0.4 is 10.2 Å². The summed E-state index contributed by atoms with van der Waals surface area (Å²) < 4.78 is 27.9. The normalized spacial score (nSPS) is 16.9. The van der Waals surface area contributed by atoms with E-state index in [1.807, 2.05) is 12.1 Å². The maximum absolute atomic E-state index is 13.3. The molecule has 1 saturated heterocycles. The third-order valence-electron chi connectivity index (χ3n) is 6.61. The van der Waals surface area contributed by atoms with Gasteiger partial charge in [0.25, 0.3) is 5.91 Å². The van der Waals surface area contributed by atoms with Crippen molar-refractivity contribution in [2.45, 2.75) is 24.9 Å². The number of hydrogen-bond acceptors (Lipinski definition) is 6. The third kappa shape index (κ3) is 4.54. The van der Waals surface area contributed by atoms with E-state index < -0.39 is 10.0 Å². The Kier molecular flexibility index (Phi) is 6.30. The Balaban J connectivity index is 1.29. The van der Waals surface area contributed by atoms with Crippen LogP contribution in [0.1, 0.15) is 27.2 Å². The van der Waals surface area contributed by atoms with E-state index in [0.29, 0.717) is 28.2 Å². The molecule has 1 amide bonds. The average Bonchev–Trinajstić information content (AvgIpc) is 3.42. The van der Waals surface area contributed by atoms with Crippen molar-refractivity contribution in [1.82, 2.24) is 19.4 Å². The molecule has 11 heteroatoms. The van der Waals surface area contributed by atoms with Gasteiger partial charge in [0.2, 0.25) is 10.0 Å². The van der Waals surface area contributed by atoms with Crippen LogP contribution in [0.15, 0.2) is 47.4 Å². The van der Waals surface area contributed by atoms with Crippen LogP contribution >= 0.6 is 11.6 Å². The molecule has 35 heavy (non-hydrogen) atoms. The SMILES string of the molecule is Cc1cccc(Cl)c1S(=O)(=O)N1Cc2[nH]nc(NC(=O)c3ccc(N4CCN(C)CC4)cc3)c2C1. The van der Waals surface area contributed by atoms with Gasteiger partial charge in [-0.15, -0.1) is 0 Å². The highest BCUT2D eigenvalue weighted by atomic mass is 35.5. The van der Waals surface area contributed by atoms with Crippen molar-refractivity contribution in [3.63, 3.8) is 0 Å². The number of hydrogen-bond donors (Lipinski definition) is 2. The number of aromatic nitrogens is 2. The van der Waals surface area contributed by atoms with Gasteiger partial charge in [-0.1, -0.05) is 23.7 Å². The van der Waals surface area contributed by atoms with Gasteiger partial charge in [-0.25, -0.2) is 8.42 Å². The van der Waals surface area contributed by atoms with Gasteiger partial charge >= 0.3 is 0 Å². The molecule has 0 saturated carbocycles. The lowest BCUT2D eigenvalue weighted by molar-refractivity contribution is 0.102. The number of nitrogens with one attached hydrogen (secondary N) is 2. The predicted octanol–water partition coefficient (Wildman–Crippen LogP) is 3.08. The van der Waals surface area contributed by atoms with E-state index in [0.717, 1.165) is 31.9 Å². The first-order valence-electron chi connectivity index (χ1n) is 11.4. The van der Waals surface area contributed by atoms with Crippen LogP contribution in [0.2, 0.25) is 5.02 Å². The standard InChI is InChI=1S/C24H27ClN6O3S/c1-16-4-3-5-20(25)22(16)35(33,34)31-14-19-21(15-31)27-28-23(19)26-24(32)17-6-8-18(9-7-17)30-12-10-29(2)11-13-30/h3-9H,10-15H2,1-2H3,(H2,26,27,28,32). The number of anilines is 2. The molecule has 0 radical (unpaired) electrons. The van der Waals surface area contributed by atoms with E-state index in [2.05, 4.69) is 32.4 Å². The summed E-state index contributed by atoms with van der Waals surface area (Å²) in [5.41, 5.74) is 3.49. The second kappa shape index (κ2) is 9.27. The molecular formula is C24H27ClN6O3S. The van der Waals surface area contributed by atoms with Gasteiger partial charge in [0.1, 0.15) is 4.90 Å². The molecule has 0 spiro atoms. The largest absolute Gasteiger partial charge is 0.369 e. The topological polar surface area (TPSA) is 102 Å². The molecule has 0 bridgehead atoms. The lowest BCUT2D eigenvalue weighted by Gasteiger charge is -2.34. The van der Waals surface area contributed by atoms with Gasteiger partial charge in [-0.05, 0) is 49.9 Å². The molecule has 2 aromatic carbocycles. The Morgan fingerprint density at radius 2 is 1.77 bits per heavy atom. The molecule has 0 unspecified atom stereocenters. The number of piperazine rings is 1. The fraction of sp³-hybridized carbons (Fsp3) is 0.333. The number of H-pyrrole nitrogens is 1. The van der Waals surface area contributed by atoms with E-state index in [1.54, 1.807) is 37.3 Å². The van der Waals surface area contributed by atoms with Gasteiger partial charge < -0.3 is 15.1 Å². The van der Waals surface area contributed by atoms with E-state index in [-0.39, 0.29) is 28.9 Å². The minimum absolute atomic E-state index is 0.0940. The smallest absolute Gasteiger partial charge is 0.256 e. The molecule has 3 heterocycles. The quantitative estimate of drug-likeness (QED) is 0.542. The number of aromatic amines is 1. The zero-order chi connectivity index (χ0) is 24.7. The van der Waals surface area contributed by atoms with Crippen LogP contribution in [-0.4, -0.2) is 67.0 Å². The molecule has 0 atom stereocenters. The van der Waals surface area contributed by atoms with E-state index in [4.69, 9.17) is 11.6 Å². The number of nitrogens with zero attached hydrogens (tertiary/aromatic N) is 4. The lowest BCUT2D eigenvalue weighted by Crippen LogP contribution is -2.44. The highest BCUT2D eigenvalue weighted by Crippen LogP contribution is 2.35. The number of carbonyl (C=O) groups excluding carboxylic acids is 1. The minimum Gasteiger partial charge on any atom is -0.369 e. The van der Waals surface area contributed by atoms with Crippen LogP contribution in [0.25, 0.3) is 0 Å². The van der Waals surface area contributed by atoms with Crippen molar-refractivity contribution in [3.05, 3.63) is 69.9 Å². The maximum atomic E-state index is 13.3. The Morgan fingerprint density at radius 1 is 1.06 bits per heavy atom. The first kappa shape index (κ1) is 23.8. The van der Waals surface area contributed by atoms with Crippen LogP contribution in [0.5, 0.6) is 0 Å². The molecule has 2 N–H and O–H groups in total. The third-order valence-corrected chi connectivity index (χ3v) is 9.04. The molecule has 2 aliphatic rings. The summed E-state index contributed by atoms with van der Waals surface area (Å²) >= 11 is 6.22. The molecule has 1 fully saturated rings. The number of rotatable bonds is 5. The Morgan fingerprint density at radius 3 is 2.46 bits per heavy atom. The number of aryl methyl sites for hydroxylation is 1. The van der Waals surface area contributed by atoms with Crippen molar-refractivity contribution < 1.29 is 13.2 Å². The first-order valence-corrected chi connectivity index (χ1v) is 13.2. The molecule has 9 nitrogen and oxygen atoms in total. The summed E-state index contributed by atoms with van der Waals surface area (Å²) in [7, 11) is -1.71. The summed E-state index contributed by atoms with van der Waals surface area (Å²) in [6.07, 6.45) is 0. The number of amides is 1. The zero-order valence-electron chi connectivity index (χ0n) is 19.6. The summed E-state index contributed by atoms with van der Waals surface area (Å²) in [6.45, 7) is 5.87. The predicted molar refractivity (Wildman–Crippen MR) is 135 cm³/mol. The lowest BCUT2D eigenvalue weighted by atomic mass is 10.1. The van der Waals surface area contributed by atoms with Gasteiger partial charge in [-0.2, -0.15) is 9.40 Å². The molecular weight excluding hydrogens is 488 g/mol. The van der Waals surface area contributed by atoms with Crippen molar-refractivity contribution >= 4 is 39.0 Å². The van der Waals surface area contributed by atoms with Gasteiger partial charge in [0.05, 0.1) is 17.3 Å². The van der Waals surface area contributed by atoms with Gasteiger partial charge in [0.15, 0.2) is 5.82 Å². The Hall–Kier alpha value is -2.92. The van der Waals surface area contributed by atoms with Crippen molar-refractivity contribution in [2.24, 2.45) is 0 Å². The summed E-state index contributed by atoms with van der Waals surface area (Å²) in [4.78, 5) is 17.6. The zero-order valence-corrected chi connectivity index (χ0v) is 21.2. The van der Waals surface area contributed by atoms with Crippen molar-refractivity contribution in [3.8, 4) is 0 Å². The monoisotopic (exact) mass is 514 g/mol. The van der Waals surface area contributed by atoms with Crippen molar-refractivity contribution in [2.75, 3.05) is 43.4 Å². The van der Waals surface area contributed by atoms with Crippen LogP contribution in [0.4, 0.5) is 11.5 Å². The van der Waals surface area contributed by atoms with Crippen LogP contribution in [0.3, 0.4) is 0 Å². The molecule has 1 aromatic heterocycles.